The molecule has 2 aromatic carbocycles. The van der Waals surface area contributed by atoms with Gasteiger partial charge in [-0.15, -0.1) is 0 Å². The van der Waals surface area contributed by atoms with Gasteiger partial charge in [0.25, 0.3) is 15.9 Å². The number of sulfonamides is 1. The number of nitrogens with zero attached hydrogens (tertiary/aromatic N) is 3. The predicted octanol–water partition coefficient (Wildman–Crippen LogP) is 3.24. The van der Waals surface area contributed by atoms with Crippen molar-refractivity contribution in [2.24, 2.45) is 0 Å². The van der Waals surface area contributed by atoms with E-state index in [0.29, 0.717) is 12.0 Å². The summed E-state index contributed by atoms with van der Waals surface area (Å²) in [6.45, 7) is 4.02. The number of amides is 1. The Morgan fingerprint density at radius 2 is 1.73 bits per heavy atom. The van der Waals surface area contributed by atoms with E-state index < -0.39 is 15.9 Å². The quantitative estimate of drug-likeness (QED) is 0.515. The van der Waals surface area contributed by atoms with Gasteiger partial charge in [-0.05, 0) is 63.4 Å². The molecular weight excluding hydrogens is 442 g/mol. The van der Waals surface area contributed by atoms with Gasteiger partial charge < -0.3 is 9.32 Å². The number of oxazole rings is 1. The Morgan fingerprint density at radius 3 is 2.52 bits per heavy atom. The third kappa shape index (κ3) is 3.79. The molecule has 2 aliphatic heterocycles. The minimum atomic E-state index is -3.74. The number of hydrogen-bond donors (Lipinski definition) is 0. The lowest BCUT2D eigenvalue weighted by molar-refractivity contribution is 0.0864. The molecule has 3 aromatic rings. The zero-order valence-corrected chi connectivity index (χ0v) is 19.3. The van der Waals surface area contributed by atoms with Gasteiger partial charge in [-0.1, -0.05) is 24.3 Å². The number of para-hydroxylation sites is 2. The molecule has 1 aromatic heterocycles. The number of piperidine rings is 1. The number of rotatable bonds is 6. The van der Waals surface area contributed by atoms with Crippen LogP contribution >= 0.6 is 0 Å². The van der Waals surface area contributed by atoms with E-state index in [-0.39, 0.29) is 34.8 Å². The molecule has 1 saturated heterocycles. The normalized spacial score (nSPS) is 22.7. The largest absolute Gasteiger partial charge is 0.420 e. The molecule has 0 N–H and O–H groups in total. The van der Waals surface area contributed by atoms with Crippen molar-refractivity contribution < 1.29 is 17.6 Å². The molecule has 0 radical (unpaired) electrons. The van der Waals surface area contributed by atoms with Crippen LogP contribution in [0.3, 0.4) is 0 Å². The molecule has 8 nitrogen and oxygen atoms in total. The van der Waals surface area contributed by atoms with E-state index in [2.05, 4.69) is 11.8 Å². The molecule has 5 rings (SSSR count). The molecule has 3 heterocycles. The Balaban J connectivity index is 1.16. The van der Waals surface area contributed by atoms with Crippen molar-refractivity contribution in [2.45, 2.75) is 49.6 Å². The lowest BCUT2D eigenvalue weighted by atomic mass is 9.97. The molecule has 2 unspecified atom stereocenters. The third-order valence-corrected chi connectivity index (χ3v) is 8.68. The monoisotopic (exact) mass is 469 g/mol. The fourth-order valence-electron chi connectivity index (χ4n) is 5.11. The summed E-state index contributed by atoms with van der Waals surface area (Å²) in [5.41, 5.74) is 1.71. The molecule has 2 aliphatic rings. The second-order valence-electron chi connectivity index (χ2n) is 8.85. The van der Waals surface area contributed by atoms with Gasteiger partial charge in [-0.2, -0.15) is 0 Å². The summed E-state index contributed by atoms with van der Waals surface area (Å²) in [6.07, 6.45) is 3.09. The first-order chi connectivity index (χ1) is 15.9. The smallest absolute Gasteiger partial charge is 0.408 e. The van der Waals surface area contributed by atoms with Crippen LogP contribution in [0.2, 0.25) is 0 Å². The second-order valence-corrected chi connectivity index (χ2v) is 10.7. The van der Waals surface area contributed by atoms with Crippen molar-refractivity contribution >= 4 is 27.0 Å². The van der Waals surface area contributed by atoms with E-state index in [1.54, 1.807) is 22.8 Å². The van der Waals surface area contributed by atoms with Crippen molar-refractivity contribution in [2.75, 3.05) is 19.6 Å². The number of hydrogen-bond acceptors (Lipinski definition) is 6. The summed E-state index contributed by atoms with van der Waals surface area (Å²) in [5, 5.41) is 0. The zero-order chi connectivity index (χ0) is 23.2. The van der Waals surface area contributed by atoms with E-state index in [4.69, 9.17) is 4.42 Å². The van der Waals surface area contributed by atoms with Crippen LogP contribution in [0.15, 0.2) is 62.6 Å². The molecule has 0 bridgehead atoms. The lowest BCUT2D eigenvalue weighted by Crippen LogP contribution is -2.43. The molecule has 0 spiro atoms. The van der Waals surface area contributed by atoms with Gasteiger partial charge in [0.1, 0.15) is 4.90 Å². The highest BCUT2D eigenvalue weighted by Gasteiger charge is 2.40. The predicted molar refractivity (Wildman–Crippen MR) is 124 cm³/mol. The molecule has 2 atom stereocenters. The molecule has 33 heavy (non-hydrogen) atoms. The highest BCUT2D eigenvalue weighted by molar-refractivity contribution is 7.90. The van der Waals surface area contributed by atoms with Gasteiger partial charge >= 0.3 is 5.76 Å². The average molecular weight is 470 g/mol. The number of likely N-dealkylation sites (tertiary alicyclic amines) is 1. The van der Waals surface area contributed by atoms with Gasteiger partial charge in [0, 0.05) is 25.2 Å². The van der Waals surface area contributed by atoms with Crippen LogP contribution in [-0.4, -0.2) is 53.8 Å². The summed E-state index contributed by atoms with van der Waals surface area (Å²) in [7, 11) is -3.74. The minimum absolute atomic E-state index is 0.0956. The second kappa shape index (κ2) is 8.46. The van der Waals surface area contributed by atoms with Gasteiger partial charge in [-0.3, -0.25) is 9.36 Å². The number of benzene rings is 2. The Bertz CT molecular complexity index is 1360. The van der Waals surface area contributed by atoms with Gasteiger partial charge in [0.15, 0.2) is 5.58 Å². The molecule has 0 saturated carbocycles. The van der Waals surface area contributed by atoms with E-state index in [1.165, 1.54) is 6.07 Å². The Kier molecular flexibility index (Phi) is 5.62. The average Bonchev–Trinajstić information content (AvgIpc) is 3.23. The van der Waals surface area contributed by atoms with E-state index in [0.717, 1.165) is 42.2 Å². The Labute approximate surface area is 192 Å². The SMILES string of the molecule is CC1CC(n2c(=O)oc3ccccc32)CCN1CCCCN1C(=O)c2ccccc2S1(=O)=O. The van der Waals surface area contributed by atoms with Gasteiger partial charge in [-0.25, -0.2) is 17.5 Å². The zero-order valence-electron chi connectivity index (χ0n) is 18.5. The molecule has 0 aliphatic carbocycles. The highest BCUT2D eigenvalue weighted by Crippen LogP contribution is 2.31. The third-order valence-electron chi connectivity index (χ3n) is 6.84. The minimum Gasteiger partial charge on any atom is -0.408 e. The van der Waals surface area contributed by atoms with E-state index in [9.17, 15) is 18.0 Å². The number of unbranched alkanes of at least 4 members (excludes halogenated alkanes) is 1. The molecule has 174 valence electrons. The van der Waals surface area contributed by atoms with Crippen LogP contribution in [0.1, 0.15) is 49.0 Å². The van der Waals surface area contributed by atoms with Crippen molar-refractivity contribution in [3.8, 4) is 0 Å². The Hall–Kier alpha value is -2.91. The lowest BCUT2D eigenvalue weighted by Gasteiger charge is -2.38. The fraction of sp³-hybridized carbons (Fsp3) is 0.417. The number of carbonyl (C=O) groups excluding carboxylic acids is 1. The summed E-state index contributed by atoms with van der Waals surface area (Å²) >= 11 is 0. The highest BCUT2D eigenvalue weighted by atomic mass is 32.2. The molecule has 1 fully saturated rings. The summed E-state index contributed by atoms with van der Waals surface area (Å²) in [5.74, 6) is -0.739. The maximum atomic E-state index is 12.7. The number of aromatic nitrogens is 1. The van der Waals surface area contributed by atoms with Crippen LogP contribution in [0.4, 0.5) is 0 Å². The van der Waals surface area contributed by atoms with E-state index >= 15 is 0 Å². The molecule has 9 heteroatoms. The summed E-state index contributed by atoms with van der Waals surface area (Å²) in [6, 6.07) is 14.3. The first-order valence-electron chi connectivity index (χ1n) is 11.4. The topological polar surface area (TPSA) is 92.8 Å². The van der Waals surface area contributed by atoms with Crippen molar-refractivity contribution in [1.82, 2.24) is 13.8 Å². The van der Waals surface area contributed by atoms with Crippen molar-refractivity contribution in [3.05, 3.63) is 64.6 Å². The van der Waals surface area contributed by atoms with Crippen molar-refractivity contribution in [3.63, 3.8) is 0 Å². The van der Waals surface area contributed by atoms with Crippen LogP contribution in [0.25, 0.3) is 11.1 Å². The Morgan fingerprint density at radius 1 is 1.00 bits per heavy atom. The number of fused-ring (bicyclic) bond motifs is 2. The van der Waals surface area contributed by atoms with Crippen molar-refractivity contribution in [1.29, 1.82) is 0 Å². The van der Waals surface area contributed by atoms with Crippen LogP contribution < -0.4 is 5.76 Å². The fourth-order valence-corrected chi connectivity index (χ4v) is 6.72. The van der Waals surface area contributed by atoms with Gasteiger partial charge in [0.05, 0.1) is 11.1 Å². The standard InChI is InChI=1S/C24H27N3O5S/c1-17-16-18(27-20-9-3-4-10-21(20)32-24(27)29)12-15-25(17)13-6-7-14-26-23(28)19-8-2-5-11-22(19)33(26,30)31/h2-5,8-11,17-18H,6-7,12-16H2,1H3. The maximum absolute atomic E-state index is 12.7. The maximum Gasteiger partial charge on any atom is 0.420 e. The van der Waals surface area contributed by atoms with Gasteiger partial charge in [0.2, 0.25) is 0 Å². The summed E-state index contributed by atoms with van der Waals surface area (Å²) in [4.78, 5) is 27.4. The number of carbonyl (C=O) groups is 1. The van der Waals surface area contributed by atoms with Crippen LogP contribution in [0.5, 0.6) is 0 Å². The van der Waals surface area contributed by atoms with Crippen LogP contribution in [0, 0.1) is 0 Å². The first-order valence-corrected chi connectivity index (χ1v) is 12.8. The summed E-state index contributed by atoms with van der Waals surface area (Å²) < 4.78 is 33.5. The molecule has 1 amide bonds. The first kappa shape index (κ1) is 21.9. The molecular formula is C24H27N3O5S. The van der Waals surface area contributed by atoms with E-state index in [1.807, 2.05) is 24.3 Å². The van der Waals surface area contributed by atoms with Crippen LogP contribution in [-0.2, 0) is 10.0 Å².